The molecule has 1 aliphatic carbocycles. The number of hydrogen-bond donors (Lipinski definition) is 3. The Morgan fingerprint density at radius 2 is 1.66 bits per heavy atom. The quantitative estimate of drug-likeness (QED) is 0.0664. The molecule has 0 spiro atoms. The number of benzene rings is 2. The maximum Gasteiger partial charge on any atom is 0.329 e. The van der Waals surface area contributed by atoms with Crippen LogP contribution in [0.15, 0.2) is 59.7 Å². The van der Waals surface area contributed by atoms with Crippen LogP contribution in [0.5, 0.6) is 0 Å². The van der Waals surface area contributed by atoms with Crippen molar-refractivity contribution in [3.63, 3.8) is 0 Å². The van der Waals surface area contributed by atoms with Gasteiger partial charge in [0.05, 0.1) is 23.2 Å². The summed E-state index contributed by atoms with van der Waals surface area (Å²) in [5.74, 6) is -0.0420. The summed E-state index contributed by atoms with van der Waals surface area (Å²) >= 11 is 0. The third kappa shape index (κ3) is 10.1. The fraction of sp³-hybridized carbons (Fsp3) is 0.553. The molecule has 8 rings (SSSR count). The molecule has 0 bridgehead atoms. The van der Waals surface area contributed by atoms with Crippen LogP contribution in [0.2, 0.25) is 0 Å². The molecule has 14 nitrogen and oxygen atoms in total. The van der Waals surface area contributed by atoms with Crippen molar-refractivity contribution >= 4 is 39.8 Å². The number of likely N-dealkylation sites (tertiary alicyclic amines) is 1. The number of imide groups is 1. The van der Waals surface area contributed by atoms with Crippen molar-refractivity contribution in [1.29, 1.82) is 0 Å². The van der Waals surface area contributed by atoms with Gasteiger partial charge >= 0.3 is 5.69 Å². The lowest BCUT2D eigenvalue weighted by atomic mass is 9.93. The number of aliphatic hydroxyl groups excluding tert-OH is 1. The molecule has 326 valence electrons. The highest BCUT2D eigenvalue weighted by atomic mass is 16.5. The second-order valence-electron chi connectivity index (χ2n) is 17.2. The van der Waals surface area contributed by atoms with Gasteiger partial charge in [0.2, 0.25) is 17.8 Å². The number of nitrogens with zero attached hydrogens (tertiary/aromatic N) is 6. The molecule has 2 aromatic carbocycles. The average Bonchev–Trinajstić information content (AvgIpc) is 3.76. The Balaban J connectivity index is 0.748. The van der Waals surface area contributed by atoms with Crippen LogP contribution in [0, 0.1) is 0 Å². The van der Waals surface area contributed by atoms with Crippen molar-refractivity contribution in [2.24, 2.45) is 7.05 Å². The molecule has 1 atom stereocenters. The molecule has 2 saturated heterocycles. The van der Waals surface area contributed by atoms with Crippen molar-refractivity contribution in [1.82, 2.24) is 33.9 Å². The Bertz CT molecular complexity index is 2330. The summed E-state index contributed by atoms with van der Waals surface area (Å²) in [6.45, 7) is 7.99. The largest absolute Gasteiger partial charge is 0.393 e. The molecule has 3 aliphatic rings. The molecule has 2 aliphatic heterocycles. The summed E-state index contributed by atoms with van der Waals surface area (Å²) in [4.78, 5) is 49.4. The van der Waals surface area contributed by atoms with E-state index in [1.165, 1.54) is 15.7 Å². The lowest BCUT2D eigenvalue weighted by molar-refractivity contribution is -0.135. The molecule has 2 amide bonds. The van der Waals surface area contributed by atoms with Crippen molar-refractivity contribution in [2.75, 3.05) is 44.8 Å². The van der Waals surface area contributed by atoms with E-state index >= 15 is 0 Å². The van der Waals surface area contributed by atoms with Crippen LogP contribution >= 0.6 is 0 Å². The minimum absolute atomic E-state index is 0.201. The number of fused-ring (bicyclic) bond motifs is 2. The normalized spacial score (nSPS) is 20.5. The van der Waals surface area contributed by atoms with Crippen molar-refractivity contribution in [2.45, 2.75) is 121 Å². The third-order valence-corrected chi connectivity index (χ3v) is 12.9. The summed E-state index contributed by atoms with van der Waals surface area (Å²) in [5.41, 5.74) is 6.93. The minimum Gasteiger partial charge on any atom is -0.393 e. The average molecular weight is 835 g/mol. The first-order chi connectivity index (χ1) is 29.7. The van der Waals surface area contributed by atoms with Gasteiger partial charge in [0, 0.05) is 88.9 Å². The molecule has 14 heteroatoms. The number of hydrogen-bond acceptors (Lipinski definition) is 10. The van der Waals surface area contributed by atoms with Crippen molar-refractivity contribution in [3.05, 3.63) is 76.5 Å². The SMILES string of the molecule is CCCCNc1ncc2c(-c3ccc(CN4CCC(OCCCOCCCc5ccc6c(c5)n(C)c(=O)n6[C@H]5CCC(=O)NC5=O)CC4)cc3)cn(C3CCC(O)CC3)c2n1. The molecule has 0 radical (unpaired) electrons. The smallest absolute Gasteiger partial charge is 0.329 e. The minimum atomic E-state index is -0.680. The van der Waals surface area contributed by atoms with Gasteiger partial charge in [-0.2, -0.15) is 4.98 Å². The second-order valence-corrected chi connectivity index (χ2v) is 17.2. The zero-order chi connectivity index (χ0) is 42.3. The number of amides is 2. The van der Waals surface area contributed by atoms with Crippen LogP contribution in [0.4, 0.5) is 5.95 Å². The zero-order valence-corrected chi connectivity index (χ0v) is 35.8. The standard InChI is InChI=1S/C47H62N8O6/c1-3-4-22-48-46-49-29-38-39(31-54(44(38)51-46)35-13-15-36(56)16-14-35)34-11-8-33(9-12-34)30-53-23-20-37(21-24-53)61-27-6-26-60-25-5-7-32-10-17-40-42(28-32)52(2)47(59)55(40)41-18-19-43(57)50-45(41)58/h8-12,17,28-29,31,35-37,41,56H,3-7,13-16,18-27,30H2,1-2H3,(H,48,49,51)(H,50,57,58)/t35?,36?,41-/m0/s1. The maximum atomic E-state index is 13.1. The number of piperidine rings is 2. The fourth-order valence-electron chi connectivity index (χ4n) is 9.30. The number of aromatic nitrogens is 5. The molecule has 3 aromatic heterocycles. The van der Waals surface area contributed by atoms with E-state index < -0.39 is 11.9 Å². The van der Waals surface area contributed by atoms with Crippen LogP contribution < -0.4 is 16.3 Å². The Labute approximate surface area is 357 Å². The number of aryl methyl sites for hydroxylation is 2. The molecule has 0 unspecified atom stereocenters. The fourth-order valence-corrected chi connectivity index (χ4v) is 9.30. The van der Waals surface area contributed by atoms with Gasteiger partial charge in [0.25, 0.3) is 0 Å². The summed E-state index contributed by atoms with van der Waals surface area (Å²) in [6, 6.07) is 14.5. The summed E-state index contributed by atoms with van der Waals surface area (Å²) in [6.07, 6.45) is 15.2. The van der Waals surface area contributed by atoms with E-state index in [4.69, 9.17) is 14.5 Å². The third-order valence-electron chi connectivity index (χ3n) is 12.9. The number of carbonyl (C=O) groups excluding carboxylic acids is 2. The first-order valence-electron chi connectivity index (χ1n) is 22.6. The van der Waals surface area contributed by atoms with Gasteiger partial charge in [-0.3, -0.25) is 28.9 Å². The number of ether oxygens (including phenoxy) is 2. The molecule has 1 saturated carbocycles. The predicted molar refractivity (Wildman–Crippen MR) is 236 cm³/mol. The highest BCUT2D eigenvalue weighted by Crippen LogP contribution is 2.37. The lowest BCUT2D eigenvalue weighted by Gasteiger charge is -2.32. The van der Waals surface area contributed by atoms with Crippen LogP contribution in [-0.2, 0) is 39.1 Å². The van der Waals surface area contributed by atoms with E-state index in [1.54, 1.807) is 11.6 Å². The molecular formula is C47H62N8O6. The van der Waals surface area contributed by atoms with Crippen LogP contribution in [-0.4, -0.2) is 97.2 Å². The number of anilines is 1. The lowest BCUT2D eigenvalue weighted by Crippen LogP contribution is -2.44. The van der Waals surface area contributed by atoms with E-state index in [1.807, 2.05) is 24.4 Å². The first-order valence-corrected chi connectivity index (χ1v) is 22.6. The molecular weight excluding hydrogens is 773 g/mol. The predicted octanol–water partition coefficient (Wildman–Crippen LogP) is 6.44. The molecule has 3 N–H and O–H groups in total. The Morgan fingerprint density at radius 1 is 0.885 bits per heavy atom. The number of unbranched alkanes of at least 4 members (excludes halogenated alkanes) is 1. The number of carbonyl (C=O) groups is 2. The van der Waals surface area contributed by atoms with Crippen molar-refractivity contribution in [3.8, 4) is 11.1 Å². The Morgan fingerprint density at radius 3 is 2.43 bits per heavy atom. The van der Waals surface area contributed by atoms with Crippen LogP contribution in [0.25, 0.3) is 33.2 Å². The van der Waals surface area contributed by atoms with E-state index in [9.17, 15) is 19.5 Å². The summed E-state index contributed by atoms with van der Waals surface area (Å²) in [7, 11) is 1.72. The van der Waals surface area contributed by atoms with Gasteiger partial charge in [0.1, 0.15) is 11.7 Å². The Hall–Kier alpha value is -4.89. The van der Waals surface area contributed by atoms with Crippen LogP contribution in [0.3, 0.4) is 0 Å². The van der Waals surface area contributed by atoms with E-state index in [2.05, 4.69) is 62.5 Å². The monoisotopic (exact) mass is 834 g/mol. The van der Waals surface area contributed by atoms with E-state index in [-0.39, 0.29) is 30.2 Å². The number of rotatable bonds is 18. The maximum absolute atomic E-state index is 13.1. The summed E-state index contributed by atoms with van der Waals surface area (Å²) < 4.78 is 17.6. The molecule has 3 fully saturated rings. The van der Waals surface area contributed by atoms with E-state index in [0.29, 0.717) is 43.7 Å². The number of imidazole rings is 1. The van der Waals surface area contributed by atoms with Gasteiger partial charge in [-0.1, -0.05) is 43.7 Å². The van der Waals surface area contributed by atoms with Crippen LogP contribution in [0.1, 0.15) is 107 Å². The topological polar surface area (TPSA) is 158 Å². The van der Waals surface area contributed by atoms with Gasteiger partial charge in [-0.15, -0.1) is 0 Å². The second kappa shape index (κ2) is 19.9. The van der Waals surface area contributed by atoms with Gasteiger partial charge in [-0.25, -0.2) is 9.78 Å². The zero-order valence-electron chi connectivity index (χ0n) is 35.8. The highest BCUT2D eigenvalue weighted by molar-refractivity contribution is 6.00. The van der Waals surface area contributed by atoms with Crippen molar-refractivity contribution < 1.29 is 24.2 Å². The van der Waals surface area contributed by atoms with E-state index in [0.717, 1.165) is 124 Å². The summed E-state index contributed by atoms with van der Waals surface area (Å²) in [5, 5.41) is 17.0. The molecule has 5 aromatic rings. The molecule has 61 heavy (non-hydrogen) atoms. The van der Waals surface area contributed by atoms with Gasteiger partial charge < -0.3 is 24.5 Å². The van der Waals surface area contributed by atoms with Gasteiger partial charge in [0.15, 0.2) is 0 Å². The van der Waals surface area contributed by atoms with Gasteiger partial charge in [-0.05, 0) is 99.5 Å². The highest BCUT2D eigenvalue weighted by Gasteiger charge is 2.31. The number of nitrogens with one attached hydrogen (secondary N) is 2. The molecule has 5 heterocycles. The first kappa shape index (κ1) is 42.8. The Kier molecular flexibility index (Phi) is 13.9. The number of aliphatic hydroxyl groups is 1.